The number of para-hydroxylation sites is 2. The number of rotatable bonds is 8. The average molecular weight is 304 g/mol. The Bertz CT molecular complexity index is 557. The van der Waals surface area contributed by atoms with E-state index in [1.165, 1.54) is 5.56 Å². The maximum absolute atomic E-state index is 5.97. The molecule has 0 aliphatic carbocycles. The van der Waals surface area contributed by atoms with Gasteiger partial charge in [-0.05, 0) is 36.8 Å². The van der Waals surface area contributed by atoms with Gasteiger partial charge in [0, 0.05) is 31.2 Å². The molecular weight excluding hydrogens is 282 g/mol. The van der Waals surface area contributed by atoms with Crippen LogP contribution in [-0.4, -0.2) is 19.6 Å². The van der Waals surface area contributed by atoms with Gasteiger partial charge in [0.05, 0.1) is 11.4 Å². The van der Waals surface area contributed by atoms with Crippen LogP contribution in [0.4, 0.5) is 11.4 Å². The molecular formula is C17H22ClN3. The lowest BCUT2D eigenvalue weighted by molar-refractivity contribution is 0.707. The van der Waals surface area contributed by atoms with Crippen LogP contribution < -0.4 is 16.0 Å². The number of halogens is 1. The van der Waals surface area contributed by atoms with Gasteiger partial charge in [-0.15, -0.1) is 0 Å². The van der Waals surface area contributed by atoms with Crippen LogP contribution in [-0.2, 0) is 6.54 Å². The molecule has 0 amide bonds. The molecule has 0 saturated heterocycles. The van der Waals surface area contributed by atoms with Crippen LogP contribution in [0.3, 0.4) is 0 Å². The van der Waals surface area contributed by atoms with E-state index < -0.39 is 0 Å². The van der Waals surface area contributed by atoms with Gasteiger partial charge in [-0.2, -0.15) is 0 Å². The Morgan fingerprint density at radius 2 is 1.67 bits per heavy atom. The van der Waals surface area contributed by atoms with Crippen molar-refractivity contribution in [1.29, 1.82) is 0 Å². The van der Waals surface area contributed by atoms with Crippen LogP contribution in [0.25, 0.3) is 0 Å². The second-order valence-corrected chi connectivity index (χ2v) is 5.25. The van der Waals surface area contributed by atoms with E-state index in [0.717, 1.165) is 42.6 Å². The lowest BCUT2D eigenvalue weighted by Gasteiger charge is -2.13. The molecule has 4 heteroatoms. The normalized spacial score (nSPS) is 10.4. The van der Waals surface area contributed by atoms with Gasteiger partial charge in [0.25, 0.3) is 0 Å². The van der Waals surface area contributed by atoms with Crippen LogP contribution in [0.2, 0.25) is 5.02 Å². The molecule has 0 spiro atoms. The Hall–Kier alpha value is -1.71. The Kier molecular flexibility index (Phi) is 6.38. The Balaban J connectivity index is 1.72. The zero-order chi connectivity index (χ0) is 14.9. The molecule has 0 aliphatic heterocycles. The summed E-state index contributed by atoms with van der Waals surface area (Å²) in [5, 5.41) is 11.0. The number of hydrogen-bond donors (Lipinski definition) is 3. The number of anilines is 2. The fraction of sp³-hybridized carbons (Fsp3) is 0.294. The molecule has 0 saturated carbocycles. The predicted octanol–water partition coefficient (Wildman–Crippen LogP) is 3.97. The first-order chi connectivity index (χ1) is 10.3. The highest BCUT2D eigenvalue weighted by molar-refractivity contribution is 6.30. The first-order valence-electron chi connectivity index (χ1n) is 7.31. The molecule has 21 heavy (non-hydrogen) atoms. The van der Waals surface area contributed by atoms with Gasteiger partial charge in [-0.3, -0.25) is 0 Å². The van der Waals surface area contributed by atoms with E-state index in [4.69, 9.17) is 11.6 Å². The molecule has 2 aromatic rings. The van der Waals surface area contributed by atoms with Crippen molar-refractivity contribution in [2.75, 3.05) is 30.3 Å². The van der Waals surface area contributed by atoms with Gasteiger partial charge >= 0.3 is 0 Å². The minimum atomic E-state index is 0.784. The Morgan fingerprint density at radius 1 is 0.905 bits per heavy atom. The van der Waals surface area contributed by atoms with Gasteiger partial charge in [0.2, 0.25) is 0 Å². The average Bonchev–Trinajstić information content (AvgIpc) is 2.49. The van der Waals surface area contributed by atoms with E-state index in [-0.39, 0.29) is 0 Å². The van der Waals surface area contributed by atoms with E-state index in [1.54, 1.807) is 0 Å². The van der Waals surface area contributed by atoms with Crippen molar-refractivity contribution >= 4 is 23.0 Å². The Morgan fingerprint density at radius 3 is 2.38 bits per heavy atom. The zero-order valence-electron chi connectivity index (χ0n) is 12.3. The largest absolute Gasteiger partial charge is 0.384 e. The molecule has 0 aliphatic rings. The fourth-order valence-electron chi connectivity index (χ4n) is 2.15. The molecule has 0 aromatic heterocycles. The van der Waals surface area contributed by atoms with E-state index in [2.05, 4.69) is 41.1 Å². The summed E-state index contributed by atoms with van der Waals surface area (Å²) >= 11 is 5.97. The van der Waals surface area contributed by atoms with Gasteiger partial charge in [-0.25, -0.2) is 0 Å². The summed E-state index contributed by atoms with van der Waals surface area (Å²) in [6.07, 6.45) is 0. The summed E-state index contributed by atoms with van der Waals surface area (Å²) in [6.45, 7) is 5.63. The van der Waals surface area contributed by atoms with Crippen LogP contribution >= 0.6 is 11.6 Å². The number of nitrogens with one attached hydrogen (secondary N) is 3. The number of hydrogen-bond acceptors (Lipinski definition) is 3. The van der Waals surface area contributed by atoms with Gasteiger partial charge in [0.15, 0.2) is 0 Å². The standard InChI is InChI=1S/C17H22ClN3/c1-2-20-16-8-3-4-9-17(16)21-11-10-19-13-14-6-5-7-15(18)12-14/h3-9,12,19-21H,2,10-11,13H2,1H3. The minimum absolute atomic E-state index is 0.784. The summed E-state index contributed by atoms with van der Waals surface area (Å²) in [4.78, 5) is 0. The number of benzene rings is 2. The van der Waals surface area contributed by atoms with Crippen LogP contribution in [0.15, 0.2) is 48.5 Å². The van der Waals surface area contributed by atoms with Crippen LogP contribution in [0.5, 0.6) is 0 Å². The summed E-state index contributed by atoms with van der Waals surface area (Å²) in [5.41, 5.74) is 3.49. The predicted molar refractivity (Wildman–Crippen MR) is 92.3 cm³/mol. The molecule has 112 valence electrons. The highest BCUT2D eigenvalue weighted by Gasteiger charge is 1.99. The van der Waals surface area contributed by atoms with E-state index in [9.17, 15) is 0 Å². The van der Waals surface area contributed by atoms with Crippen molar-refractivity contribution in [1.82, 2.24) is 5.32 Å². The lowest BCUT2D eigenvalue weighted by atomic mass is 10.2. The quantitative estimate of drug-likeness (QED) is 0.646. The maximum Gasteiger partial charge on any atom is 0.0576 e. The summed E-state index contributed by atoms with van der Waals surface area (Å²) in [6, 6.07) is 16.2. The molecule has 3 nitrogen and oxygen atoms in total. The minimum Gasteiger partial charge on any atom is -0.384 e. The monoisotopic (exact) mass is 303 g/mol. The molecule has 0 atom stereocenters. The third-order valence-corrected chi connectivity index (χ3v) is 3.36. The van der Waals surface area contributed by atoms with Gasteiger partial charge in [-0.1, -0.05) is 35.9 Å². The Labute approximate surface area is 131 Å². The highest BCUT2D eigenvalue weighted by Crippen LogP contribution is 2.20. The first kappa shape index (κ1) is 15.7. The van der Waals surface area contributed by atoms with Crippen molar-refractivity contribution < 1.29 is 0 Å². The van der Waals surface area contributed by atoms with Crippen molar-refractivity contribution in [2.24, 2.45) is 0 Å². The topological polar surface area (TPSA) is 36.1 Å². The van der Waals surface area contributed by atoms with E-state index >= 15 is 0 Å². The smallest absolute Gasteiger partial charge is 0.0576 e. The van der Waals surface area contributed by atoms with Gasteiger partial charge < -0.3 is 16.0 Å². The second-order valence-electron chi connectivity index (χ2n) is 4.81. The maximum atomic E-state index is 5.97. The second kappa shape index (κ2) is 8.55. The summed E-state index contributed by atoms with van der Waals surface area (Å²) in [7, 11) is 0. The first-order valence-corrected chi connectivity index (χ1v) is 7.69. The molecule has 0 fully saturated rings. The molecule has 0 heterocycles. The molecule has 0 bridgehead atoms. The molecule has 0 unspecified atom stereocenters. The van der Waals surface area contributed by atoms with E-state index in [0.29, 0.717) is 0 Å². The molecule has 0 radical (unpaired) electrons. The van der Waals surface area contributed by atoms with Crippen molar-refractivity contribution in [3.63, 3.8) is 0 Å². The molecule has 3 N–H and O–H groups in total. The van der Waals surface area contributed by atoms with Crippen LogP contribution in [0.1, 0.15) is 12.5 Å². The highest BCUT2D eigenvalue weighted by atomic mass is 35.5. The van der Waals surface area contributed by atoms with Crippen molar-refractivity contribution in [3.8, 4) is 0 Å². The molecule has 2 aromatic carbocycles. The SMILES string of the molecule is CCNc1ccccc1NCCNCc1cccc(Cl)c1. The summed E-state index contributed by atoms with van der Waals surface area (Å²) < 4.78 is 0. The third kappa shape index (κ3) is 5.29. The molecule has 2 rings (SSSR count). The van der Waals surface area contributed by atoms with Crippen LogP contribution in [0, 0.1) is 0 Å². The summed E-state index contributed by atoms with van der Waals surface area (Å²) in [5.74, 6) is 0. The van der Waals surface area contributed by atoms with E-state index in [1.807, 2.05) is 30.3 Å². The van der Waals surface area contributed by atoms with Crippen molar-refractivity contribution in [2.45, 2.75) is 13.5 Å². The van der Waals surface area contributed by atoms with Gasteiger partial charge in [0.1, 0.15) is 0 Å². The van der Waals surface area contributed by atoms with Crippen molar-refractivity contribution in [3.05, 3.63) is 59.1 Å². The fourth-order valence-corrected chi connectivity index (χ4v) is 2.36. The zero-order valence-corrected chi connectivity index (χ0v) is 13.1. The lowest BCUT2D eigenvalue weighted by Crippen LogP contribution is -2.22. The third-order valence-electron chi connectivity index (χ3n) is 3.13.